The van der Waals surface area contributed by atoms with Crippen LogP contribution < -0.4 is 10.1 Å². The highest BCUT2D eigenvalue weighted by molar-refractivity contribution is 6.30. The average Bonchev–Trinajstić information content (AvgIpc) is 3.15. The van der Waals surface area contributed by atoms with Gasteiger partial charge in [0.05, 0.1) is 6.04 Å². The van der Waals surface area contributed by atoms with Crippen LogP contribution >= 0.6 is 11.6 Å². The van der Waals surface area contributed by atoms with Gasteiger partial charge in [0, 0.05) is 18.1 Å². The molecule has 4 nitrogen and oxygen atoms in total. The van der Waals surface area contributed by atoms with Gasteiger partial charge < -0.3 is 15.0 Å². The number of carbonyl (C=O) groups is 1. The Balaban J connectivity index is 1.54. The van der Waals surface area contributed by atoms with Crippen LogP contribution in [0, 0.1) is 0 Å². The number of amides is 2. The molecule has 0 aliphatic carbocycles. The first kappa shape index (κ1) is 20.3. The van der Waals surface area contributed by atoms with Gasteiger partial charge in [-0.1, -0.05) is 35.9 Å². The molecule has 28 heavy (non-hydrogen) atoms. The van der Waals surface area contributed by atoms with E-state index in [2.05, 4.69) is 10.1 Å². The van der Waals surface area contributed by atoms with E-state index in [4.69, 9.17) is 11.6 Å². The third-order valence-corrected chi connectivity index (χ3v) is 4.79. The van der Waals surface area contributed by atoms with Crippen molar-refractivity contribution in [2.75, 3.05) is 13.2 Å². The molecule has 2 amide bonds. The van der Waals surface area contributed by atoms with Gasteiger partial charge in [-0.05, 0) is 48.2 Å². The van der Waals surface area contributed by atoms with E-state index in [0.29, 0.717) is 11.6 Å². The summed E-state index contributed by atoms with van der Waals surface area (Å²) in [4.78, 5) is 14.4. The van der Waals surface area contributed by atoms with Crippen molar-refractivity contribution in [1.29, 1.82) is 0 Å². The largest absolute Gasteiger partial charge is 0.484 e. The van der Waals surface area contributed by atoms with Crippen LogP contribution in [0.25, 0.3) is 0 Å². The summed E-state index contributed by atoms with van der Waals surface area (Å²) in [7, 11) is 0. The number of carbonyl (C=O) groups excluding carboxylic acids is 1. The number of rotatable bonds is 5. The maximum atomic E-state index is 12.6. The number of urea groups is 1. The molecule has 0 bridgehead atoms. The average molecular weight is 413 g/mol. The minimum absolute atomic E-state index is 0.00964. The van der Waals surface area contributed by atoms with Crippen molar-refractivity contribution >= 4 is 17.6 Å². The number of alkyl halides is 3. The summed E-state index contributed by atoms with van der Waals surface area (Å²) in [6.07, 6.45) is -2.56. The molecule has 1 heterocycles. The lowest BCUT2D eigenvalue weighted by atomic mass is 10.1. The van der Waals surface area contributed by atoms with Crippen molar-refractivity contribution in [3.8, 4) is 5.75 Å². The summed E-state index contributed by atoms with van der Waals surface area (Å²) in [6, 6.07) is 13.5. The number of ether oxygens (including phenoxy) is 1. The normalized spacial score (nSPS) is 16.9. The highest BCUT2D eigenvalue weighted by Gasteiger charge is 2.30. The molecule has 150 valence electrons. The molecule has 2 aromatic carbocycles. The molecule has 1 N–H and O–H groups in total. The highest BCUT2D eigenvalue weighted by atomic mass is 35.5. The molecule has 0 radical (unpaired) electrons. The summed E-state index contributed by atoms with van der Waals surface area (Å²) in [5.41, 5.74) is 1.82. The number of likely N-dealkylation sites (tertiary alicyclic amines) is 1. The molecule has 1 aliphatic heterocycles. The van der Waals surface area contributed by atoms with Gasteiger partial charge in [-0.2, -0.15) is 13.2 Å². The molecule has 1 aliphatic rings. The number of nitrogens with one attached hydrogen (secondary N) is 1. The zero-order valence-electron chi connectivity index (χ0n) is 15.0. The molecule has 1 unspecified atom stereocenters. The lowest BCUT2D eigenvalue weighted by Crippen LogP contribution is -2.39. The van der Waals surface area contributed by atoms with E-state index < -0.39 is 12.8 Å². The van der Waals surface area contributed by atoms with Crippen LogP contribution in [0.2, 0.25) is 5.02 Å². The third kappa shape index (κ3) is 5.55. The minimum atomic E-state index is -4.37. The van der Waals surface area contributed by atoms with E-state index in [-0.39, 0.29) is 24.4 Å². The van der Waals surface area contributed by atoms with E-state index >= 15 is 0 Å². The molecular weight excluding hydrogens is 393 g/mol. The fraction of sp³-hybridized carbons (Fsp3) is 0.350. The van der Waals surface area contributed by atoms with Crippen molar-refractivity contribution in [1.82, 2.24) is 10.2 Å². The minimum Gasteiger partial charge on any atom is -0.484 e. The number of nitrogens with zero attached hydrogens (tertiary/aromatic N) is 1. The summed E-state index contributed by atoms with van der Waals surface area (Å²) >= 11 is 5.93. The van der Waals surface area contributed by atoms with Crippen LogP contribution in [0.15, 0.2) is 48.5 Å². The molecule has 0 aromatic heterocycles. The molecule has 2 aromatic rings. The van der Waals surface area contributed by atoms with Gasteiger partial charge in [0.15, 0.2) is 6.61 Å². The van der Waals surface area contributed by atoms with Gasteiger partial charge in [-0.3, -0.25) is 0 Å². The molecule has 8 heteroatoms. The van der Waals surface area contributed by atoms with Gasteiger partial charge in [0.25, 0.3) is 0 Å². The molecule has 3 rings (SSSR count). The maximum Gasteiger partial charge on any atom is 0.422 e. The van der Waals surface area contributed by atoms with Crippen molar-refractivity contribution in [3.63, 3.8) is 0 Å². The monoisotopic (exact) mass is 412 g/mol. The number of halogens is 4. The van der Waals surface area contributed by atoms with E-state index in [9.17, 15) is 18.0 Å². The Morgan fingerprint density at radius 2 is 1.82 bits per heavy atom. The van der Waals surface area contributed by atoms with Crippen molar-refractivity contribution in [2.24, 2.45) is 0 Å². The smallest absolute Gasteiger partial charge is 0.422 e. The Morgan fingerprint density at radius 1 is 1.14 bits per heavy atom. The van der Waals surface area contributed by atoms with Crippen LogP contribution in [0.4, 0.5) is 18.0 Å². The predicted octanol–water partition coefficient (Wildman–Crippen LogP) is 5.33. The number of hydrogen-bond acceptors (Lipinski definition) is 2. The first-order chi connectivity index (χ1) is 13.3. The number of benzene rings is 2. The Morgan fingerprint density at radius 3 is 2.46 bits per heavy atom. The van der Waals surface area contributed by atoms with E-state index in [1.807, 2.05) is 24.3 Å². The van der Waals surface area contributed by atoms with Crippen molar-refractivity contribution in [2.45, 2.75) is 31.6 Å². The molecule has 1 saturated heterocycles. The quantitative estimate of drug-likeness (QED) is 0.721. The zero-order chi connectivity index (χ0) is 20.1. The Kier molecular flexibility index (Phi) is 6.34. The van der Waals surface area contributed by atoms with E-state index in [0.717, 1.165) is 24.0 Å². The summed E-state index contributed by atoms with van der Waals surface area (Å²) in [6.45, 7) is -0.379. The van der Waals surface area contributed by atoms with Crippen molar-refractivity contribution < 1.29 is 22.7 Å². The van der Waals surface area contributed by atoms with E-state index in [1.165, 1.54) is 12.1 Å². The highest BCUT2D eigenvalue weighted by Crippen LogP contribution is 2.32. The standard InChI is InChI=1S/C20H20ClF3N2O2/c21-16-7-5-15(6-8-16)18-2-1-11-26(18)19(27)25-12-14-3-9-17(10-4-14)28-13-20(22,23)24/h3-10,18H,1-2,11-13H2,(H,25,27). The lowest BCUT2D eigenvalue weighted by Gasteiger charge is -2.25. The van der Waals surface area contributed by atoms with Gasteiger partial charge in [-0.15, -0.1) is 0 Å². The van der Waals surface area contributed by atoms with Crippen molar-refractivity contribution in [3.05, 3.63) is 64.7 Å². The topological polar surface area (TPSA) is 41.6 Å². The van der Waals surface area contributed by atoms with Gasteiger partial charge >= 0.3 is 12.2 Å². The van der Waals surface area contributed by atoms with Crippen LogP contribution in [-0.2, 0) is 6.54 Å². The van der Waals surface area contributed by atoms with Gasteiger partial charge in [0.1, 0.15) is 5.75 Å². The first-order valence-corrected chi connectivity index (χ1v) is 9.28. The summed E-state index contributed by atoms with van der Waals surface area (Å²) < 4.78 is 41.2. The van der Waals surface area contributed by atoms with Crippen LogP contribution in [0.3, 0.4) is 0 Å². The predicted molar refractivity (Wildman–Crippen MR) is 100 cm³/mol. The van der Waals surface area contributed by atoms with Crippen LogP contribution in [0.5, 0.6) is 5.75 Å². The maximum absolute atomic E-state index is 12.6. The fourth-order valence-electron chi connectivity index (χ4n) is 3.19. The zero-order valence-corrected chi connectivity index (χ0v) is 15.8. The summed E-state index contributed by atoms with van der Waals surface area (Å²) in [5, 5.41) is 3.52. The van der Waals surface area contributed by atoms with Gasteiger partial charge in [-0.25, -0.2) is 4.79 Å². The molecule has 0 spiro atoms. The van der Waals surface area contributed by atoms with Gasteiger partial charge in [0.2, 0.25) is 0 Å². The second-order valence-corrected chi connectivity index (χ2v) is 7.05. The molecule has 0 saturated carbocycles. The number of hydrogen-bond donors (Lipinski definition) is 1. The van der Waals surface area contributed by atoms with Crippen LogP contribution in [-0.4, -0.2) is 30.3 Å². The van der Waals surface area contributed by atoms with Crippen LogP contribution in [0.1, 0.15) is 30.0 Å². The molecular formula is C20H20ClF3N2O2. The third-order valence-electron chi connectivity index (χ3n) is 4.54. The SMILES string of the molecule is O=C(NCc1ccc(OCC(F)(F)F)cc1)N1CCCC1c1ccc(Cl)cc1. The second-order valence-electron chi connectivity index (χ2n) is 6.61. The van der Waals surface area contributed by atoms with E-state index in [1.54, 1.807) is 17.0 Å². The lowest BCUT2D eigenvalue weighted by molar-refractivity contribution is -0.153. The Labute approximate surface area is 166 Å². The Bertz CT molecular complexity index is 795. The molecule has 1 atom stereocenters. The first-order valence-electron chi connectivity index (χ1n) is 8.90. The Hall–Kier alpha value is -2.41. The fourth-order valence-corrected chi connectivity index (χ4v) is 3.32. The second kappa shape index (κ2) is 8.73. The molecule has 1 fully saturated rings. The summed E-state index contributed by atoms with van der Waals surface area (Å²) in [5.74, 6) is 0.134.